The molecule has 0 unspecified atom stereocenters. The van der Waals surface area contributed by atoms with E-state index in [-0.39, 0.29) is 0 Å². The van der Waals surface area contributed by atoms with Gasteiger partial charge in [0.15, 0.2) is 0 Å². The lowest BCUT2D eigenvalue weighted by Gasteiger charge is -2.03. The fraction of sp³-hybridized carbons (Fsp3) is 0.0476. The molecule has 0 aromatic heterocycles. The molecule has 0 spiro atoms. The Hall–Kier alpha value is -2.09. The van der Waals surface area contributed by atoms with E-state index in [1.807, 2.05) is 24.3 Å². The summed E-state index contributed by atoms with van der Waals surface area (Å²) in [6, 6.07) is 21.6. The van der Waals surface area contributed by atoms with Crippen LogP contribution in [-0.4, -0.2) is 22.2 Å². The first kappa shape index (κ1) is 22.2. The Morgan fingerprint density at radius 1 is 0.679 bits per heavy atom. The standard InChI is InChI=1S/C14H11BrO2S.C7H5BrO2/c15-12-5-1-10(2-6-12)9-18-13-7-3-11(4-8-13)14(16)17;8-6-3-1-5(2-4-6)7(9)10/h1-8H,9H2,(H,16,17);1-4H,(H,9,10). The molecule has 0 aliphatic rings. The largest absolute Gasteiger partial charge is 0.478 e. The molecular formula is C21H16Br2O4S. The van der Waals surface area contributed by atoms with Gasteiger partial charge in [0.1, 0.15) is 0 Å². The smallest absolute Gasteiger partial charge is 0.335 e. The molecule has 0 bridgehead atoms. The van der Waals surface area contributed by atoms with Gasteiger partial charge in [-0.15, -0.1) is 11.8 Å². The van der Waals surface area contributed by atoms with Gasteiger partial charge in [0.05, 0.1) is 11.1 Å². The second-order valence-electron chi connectivity index (χ2n) is 5.56. The van der Waals surface area contributed by atoms with Crippen molar-refractivity contribution in [1.82, 2.24) is 0 Å². The summed E-state index contributed by atoms with van der Waals surface area (Å²) in [4.78, 5) is 22.1. The van der Waals surface area contributed by atoms with Crippen molar-refractivity contribution in [3.63, 3.8) is 0 Å². The van der Waals surface area contributed by atoms with Gasteiger partial charge in [0.25, 0.3) is 0 Å². The molecule has 2 N–H and O–H groups in total. The SMILES string of the molecule is O=C(O)c1ccc(Br)cc1.O=C(O)c1ccc(SCc2ccc(Br)cc2)cc1. The minimum absolute atomic E-state index is 0.309. The second-order valence-corrected chi connectivity index (χ2v) is 8.44. The lowest BCUT2D eigenvalue weighted by Crippen LogP contribution is -1.94. The number of hydrogen-bond acceptors (Lipinski definition) is 3. The number of carboxylic acids is 2. The average molecular weight is 524 g/mol. The maximum absolute atomic E-state index is 10.7. The summed E-state index contributed by atoms with van der Waals surface area (Å²) in [7, 11) is 0. The molecule has 144 valence electrons. The van der Waals surface area contributed by atoms with Gasteiger partial charge in [-0.05, 0) is 66.2 Å². The molecule has 0 atom stereocenters. The summed E-state index contributed by atoms with van der Waals surface area (Å²) in [5.74, 6) is -0.911. The predicted octanol–water partition coefficient (Wildman–Crippen LogP) is 6.59. The Kier molecular flexibility index (Phi) is 8.76. The van der Waals surface area contributed by atoms with Gasteiger partial charge in [0.2, 0.25) is 0 Å². The third kappa shape index (κ3) is 7.50. The predicted molar refractivity (Wildman–Crippen MR) is 118 cm³/mol. The van der Waals surface area contributed by atoms with Crippen molar-refractivity contribution >= 4 is 55.6 Å². The Morgan fingerprint density at radius 3 is 1.50 bits per heavy atom. The van der Waals surface area contributed by atoms with Gasteiger partial charge in [-0.1, -0.05) is 44.0 Å². The molecule has 0 heterocycles. The fourth-order valence-corrected chi connectivity index (χ4v) is 3.42. The summed E-state index contributed by atoms with van der Waals surface area (Å²) >= 11 is 8.29. The molecule has 3 aromatic rings. The van der Waals surface area contributed by atoms with Gasteiger partial charge in [-0.25, -0.2) is 9.59 Å². The van der Waals surface area contributed by atoms with Crippen molar-refractivity contribution in [2.45, 2.75) is 10.6 Å². The molecule has 0 saturated carbocycles. The van der Waals surface area contributed by atoms with Gasteiger partial charge in [0, 0.05) is 19.6 Å². The summed E-state index contributed by atoms with van der Waals surface area (Å²) < 4.78 is 1.96. The van der Waals surface area contributed by atoms with Crippen LogP contribution in [0.25, 0.3) is 0 Å². The van der Waals surface area contributed by atoms with Crippen LogP contribution in [0.15, 0.2) is 86.6 Å². The number of halogens is 2. The van der Waals surface area contributed by atoms with Crippen LogP contribution in [0.2, 0.25) is 0 Å². The van der Waals surface area contributed by atoms with Crippen molar-refractivity contribution in [2.75, 3.05) is 0 Å². The maximum atomic E-state index is 10.7. The first-order valence-corrected chi connectivity index (χ1v) is 10.6. The Labute approximate surface area is 183 Å². The van der Waals surface area contributed by atoms with Crippen LogP contribution in [0.1, 0.15) is 26.3 Å². The first-order chi connectivity index (χ1) is 13.3. The summed E-state index contributed by atoms with van der Waals surface area (Å²) in [5.41, 5.74) is 1.87. The Bertz CT molecular complexity index is 924. The quantitative estimate of drug-likeness (QED) is 0.369. The molecule has 28 heavy (non-hydrogen) atoms. The van der Waals surface area contributed by atoms with Crippen molar-refractivity contribution in [2.24, 2.45) is 0 Å². The van der Waals surface area contributed by atoms with E-state index in [0.29, 0.717) is 11.1 Å². The molecule has 0 aliphatic heterocycles. The van der Waals surface area contributed by atoms with Crippen molar-refractivity contribution in [3.05, 3.63) is 98.4 Å². The van der Waals surface area contributed by atoms with E-state index in [2.05, 4.69) is 44.0 Å². The van der Waals surface area contributed by atoms with Crippen molar-refractivity contribution in [1.29, 1.82) is 0 Å². The molecule has 0 radical (unpaired) electrons. The topological polar surface area (TPSA) is 74.6 Å². The van der Waals surface area contributed by atoms with Crippen molar-refractivity contribution < 1.29 is 19.8 Å². The van der Waals surface area contributed by atoms with Crippen LogP contribution in [-0.2, 0) is 5.75 Å². The van der Waals surface area contributed by atoms with Crippen LogP contribution in [0.4, 0.5) is 0 Å². The Morgan fingerprint density at radius 2 is 1.07 bits per heavy atom. The monoisotopic (exact) mass is 522 g/mol. The highest BCUT2D eigenvalue weighted by molar-refractivity contribution is 9.10. The number of thioether (sulfide) groups is 1. The highest BCUT2D eigenvalue weighted by Crippen LogP contribution is 2.24. The fourth-order valence-electron chi connectivity index (χ4n) is 2.03. The summed E-state index contributed by atoms with van der Waals surface area (Å²) in [5, 5.41) is 17.3. The molecule has 7 heteroatoms. The maximum Gasteiger partial charge on any atom is 0.335 e. The molecule has 0 aliphatic carbocycles. The van der Waals surface area contributed by atoms with Crippen LogP contribution in [0.3, 0.4) is 0 Å². The zero-order valence-electron chi connectivity index (χ0n) is 14.5. The Balaban J connectivity index is 0.000000237. The van der Waals surface area contributed by atoms with Gasteiger partial charge in [-0.3, -0.25) is 0 Å². The van der Waals surface area contributed by atoms with Crippen LogP contribution in [0.5, 0.6) is 0 Å². The zero-order chi connectivity index (χ0) is 20.5. The van der Waals surface area contributed by atoms with E-state index in [0.717, 1.165) is 19.6 Å². The molecule has 3 rings (SSSR count). The minimum atomic E-state index is -0.896. The van der Waals surface area contributed by atoms with E-state index in [4.69, 9.17) is 10.2 Å². The summed E-state index contributed by atoms with van der Waals surface area (Å²) in [6.07, 6.45) is 0. The van der Waals surface area contributed by atoms with Gasteiger partial charge >= 0.3 is 11.9 Å². The lowest BCUT2D eigenvalue weighted by molar-refractivity contribution is 0.0686. The van der Waals surface area contributed by atoms with E-state index in [1.165, 1.54) is 5.56 Å². The highest BCUT2D eigenvalue weighted by atomic mass is 79.9. The van der Waals surface area contributed by atoms with E-state index >= 15 is 0 Å². The molecule has 0 saturated heterocycles. The molecular weight excluding hydrogens is 508 g/mol. The number of carbonyl (C=O) groups is 2. The molecule has 0 amide bonds. The summed E-state index contributed by atoms with van der Waals surface area (Å²) in [6.45, 7) is 0. The number of benzene rings is 3. The molecule has 0 fully saturated rings. The van der Waals surface area contributed by atoms with E-state index in [1.54, 1.807) is 48.2 Å². The van der Waals surface area contributed by atoms with Gasteiger partial charge < -0.3 is 10.2 Å². The lowest BCUT2D eigenvalue weighted by atomic mass is 10.2. The minimum Gasteiger partial charge on any atom is -0.478 e. The van der Waals surface area contributed by atoms with E-state index in [9.17, 15) is 9.59 Å². The molecule has 3 aromatic carbocycles. The van der Waals surface area contributed by atoms with Crippen LogP contribution < -0.4 is 0 Å². The average Bonchev–Trinajstić information content (AvgIpc) is 2.69. The normalized spacial score (nSPS) is 9.93. The third-order valence-electron chi connectivity index (χ3n) is 3.51. The van der Waals surface area contributed by atoms with E-state index < -0.39 is 11.9 Å². The number of rotatable bonds is 5. The zero-order valence-corrected chi connectivity index (χ0v) is 18.5. The molecule has 4 nitrogen and oxygen atoms in total. The van der Waals surface area contributed by atoms with Crippen LogP contribution >= 0.6 is 43.6 Å². The number of carboxylic acid groups (broad SMARTS) is 2. The third-order valence-corrected chi connectivity index (χ3v) is 5.65. The van der Waals surface area contributed by atoms with Crippen LogP contribution in [0, 0.1) is 0 Å². The van der Waals surface area contributed by atoms with Crippen molar-refractivity contribution in [3.8, 4) is 0 Å². The number of aromatic carboxylic acids is 2. The highest BCUT2D eigenvalue weighted by Gasteiger charge is 2.02. The first-order valence-electron chi connectivity index (χ1n) is 8.04. The van der Waals surface area contributed by atoms with Gasteiger partial charge in [-0.2, -0.15) is 0 Å². The number of hydrogen-bond donors (Lipinski definition) is 2. The second kappa shape index (κ2) is 11.0.